The number of aromatic nitrogens is 1. The van der Waals surface area contributed by atoms with Gasteiger partial charge in [-0.05, 0) is 50.4 Å². The number of rotatable bonds is 4. The Morgan fingerprint density at radius 1 is 1.15 bits per heavy atom. The lowest BCUT2D eigenvalue weighted by Gasteiger charge is -2.29. The van der Waals surface area contributed by atoms with E-state index < -0.39 is 0 Å². The number of hydrogen-bond acceptors (Lipinski definition) is 3. The minimum absolute atomic E-state index is 0.0536. The fourth-order valence-electron chi connectivity index (χ4n) is 3.57. The van der Waals surface area contributed by atoms with Gasteiger partial charge >= 0.3 is 0 Å². The zero-order valence-corrected chi connectivity index (χ0v) is 11.8. The molecule has 4 heteroatoms. The molecule has 1 aromatic heterocycles. The van der Waals surface area contributed by atoms with Gasteiger partial charge in [-0.1, -0.05) is 18.0 Å². The first-order valence-corrected chi connectivity index (χ1v) is 8.07. The monoisotopic (exact) mass is 274 g/mol. The molecule has 3 fully saturated rings. The number of nitrogens with one attached hydrogen (secondary N) is 1. The van der Waals surface area contributed by atoms with Crippen LogP contribution >= 0.6 is 0 Å². The fraction of sp³-hybridized carbons (Fsp3) is 0.750. The van der Waals surface area contributed by atoms with Gasteiger partial charge in [0.25, 0.3) is 5.91 Å². The summed E-state index contributed by atoms with van der Waals surface area (Å²) in [6.45, 7) is 0. The summed E-state index contributed by atoms with van der Waals surface area (Å²) in [5.74, 6) is 3.13. The van der Waals surface area contributed by atoms with Gasteiger partial charge < -0.3 is 9.84 Å². The van der Waals surface area contributed by atoms with Crippen molar-refractivity contribution in [1.82, 2.24) is 10.5 Å². The van der Waals surface area contributed by atoms with Crippen LogP contribution in [0.15, 0.2) is 10.6 Å². The zero-order valence-electron chi connectivity index (χ0n) is 11.8. The normalized spacial score (nSPS) is 30.2. The maximum Gasteiger partial charge on any atom is 0.273 e. The van der Waals surface area contributed by atoms with E-state index >= 15 is 0 Å². The smallest absolute Gasteiger partial charge is 0.273 e. The predicted molar refractivity (Wildman–Crippen MR) is 74.4 cm³/mol. The summed E-state index contributed by atoms with van der Waals surface area (Å²) in [6.07, 6.45) is 10.0. The molecule has 0 spiro atoms. The lowest BCUT2D eigenvalue weighted by Crippen LogP contribution is -2.38. The Labute approximate surface area is 119 Å². The van der Waals surface area contributed by atoms with Gasteiger partial charge in [0.2, 0.25) is 0 Å². The van der Waals surface area contributed by atoms with E-state index in [1.165, 1.54) is 38.5 Å². The fourth-order valence-corrected chi connectivity index (χ4v) is 3.57. The van der Waals surface area contributed by atoms with Gasteiger partial charge in [-0.25, -0.2) is 0 Å². The zero-order chi connectivity index (χ0) is 13.5. The van der Waals surface area contributed by atoms with Crippen LogP contribution in [-0.2, 0) is 0 Å². The third-order valence-electron chi connectivity index (χ3n) is 5.08. The molecule has 1 N–H and O–H groups in total. The third-order valence-corrected chi connectivity index (χ3v) is 5.08. The van der Waals surface area contributed by atoms with Crippen molar-refractivity contribution in [3.63, 3.8) is 0 Å². The van der Waals surface area contributed by atoms with Crippen molar-refractivity contribution < 1.29 is 9.32 Å². The minimum atomic E-state index is -0.0536. The Bertz CT molecular complexity index is 502. The number of carbonyl (C=O) groups excluding carboxylic acids is 1. The predicted octanol–water partition coefficient (Wildman–Crippen LogP) is 3.25. The van der Waals surface area contributed by atoms with Gasteiger partial charge in [0.15, 0.2) is 5.69 Å². The van der Waals surface area contributed by atoms with Crippen LogP contribution in [-0.4, -0.2) is 17.1 Å². The maximum atomic E-state index is 12.2. The van der Waals surface area contributed by atoms with Gasteiger partial charge in [-0.2, -0.15) is 0 Å². The SMILES string of the molecule is O=C(N[C@H]1CCC[C@H](C2CC2)C1)c1cc(C2CC2)on1. The van der Waals surface area contributed by atoms with Crippen LogP contribution in [0.2, 0.25) is 0 Å². The van der Waals surface area contributed by atoms with Crippen LogP contribution in [0, 0.1) is 11.8 Å². The Kier molecular flexibility index (Phi) is 3.04. The minimum Gasteiger partial charge on any atom is -0.360 e. The molecule has 0 aromatic carbocycles. The van der Waals surface area contributed by atoms with E-state index in [2.05, 4.69) is 10.5 Å². The van der Waals surface area contributed by atoms with Crippen molar-refractivity contribution in [3.8, 4) is 0 Å². The summed E-state index contributed by atoms with van der Waals surface area (Å²) < 4.78 is 5.26. The molecule has 3 aliphatic rings. The van der Waals surface area contributed by atoms with Gasteiger partial charge in [-0.15, -0.1) is 0 Å². The van der Waals surface area contributed by atoms with Crippen LogP contribution in [0.25, 0.3) is 0 Å². The average Bonchev–Trinajstić information content (AvgIpc) is 3.37. The van der Waals surface area contributed by atoms with E-state index in [1.807, 2.05) is 6.07 Å². The highest BCUT2D eigenvalue weighted by Crippen LogP contribution is 2.44. The number of nitrogens with zero attached hydrogens (tertiary/aromatic N) is 1. The van der Waals surface area contributed by atoms with Gasteiger partial charge in [-0.3, -0.25) is 4.79 Å². The molecule has 4 nitrogen and oxygen atoms in total. The lowest BCUT2D eigenvalue weighted by molar-refractivity contribution is 0.0907. The molecule has 2 atom stereocenters. The van der Waals surface area contributed by atoms with Gasteiger partial charge in [0, 0.05) is 18.0 Å². The van der Waals surface area contributed by atoms with E-state index in [0.717, 1.165) is 30.4 Å². The first-order valence-electron chi connectivity index (χ1n) is 8.07. The highest BCUT2D eigenvalue weighted by atomic mass is 16.5. The van der Waals surface area contributed by atoms with Crippen LogP contribution in [0.5, 0.6) is 0 Å². The summed E-state index contributed by atoms with van der Waals surface area (Å²) >= 11 is 0. The van der Waals surface area contributed by atoms with Crippen molar-refractivity contribution in [2.75, 3.05) is 0 Å². The molecular formula is C16H22N2O2. The Morgan fingerprint density at radius 2 is 2.00 bits per heavy atom. The van der Waals surface area contributed by atoms with Crippen molar-refractivity contribution in [2.45, 2.75) is 63.3 Å². The summed E-state index contributed by atoms with van der Waals surface area (Å²) in [5, 5.41) is 7.08. The van der Waals surface area contributed by atoms with Crippen LogP contribution in [0.3, 0.4) is 0 Å². The quantitative estimate of drug-likeness (QED) is 0.917. The third kappa shape index (κ3) is 2.60. The van der Waals surface area contributed by atoms with Crippen molar-refractivity contribution >= 4 is 5.91 Å². The maximum absolute atomic E-state index is 12.2. The lowest BCUT2D eigenvalue weighted by atomic mass is 9.82. The average molecular weight is 274 g/mol. The van der Waals surface area contributed by atoms with Crippen LogP contribution < -0.4 is 5.32 Å². The van der Waals surface area contributed by atoms with Crippen molar-refractivity contribution in [2.24, 2.45) is 11.8 Å². The summed E-state index contributed by atoms with van der Waals surface area (Å²) in [4.78, 5) is 12.2. The molecule has 0 unspecified atom stereocenters. The number of amides is 1. The molecule has 0 bridgehead atoms. The molecule has 0 radical (unpaired) electrons. The van der Waals surface area contributed by atoms with Crippen LogP contribution in [0.4, 0.5) is 0 Å². The molecule has 1 heterocycles. The second-order valence-corrected chi connectivity index (χ2v) is 6.82. The van der Waals surface area contributed by atoms with Crippen molar-refractivity contribution in [1.29, 1.82) is 0 Å². The molecular weight excluding hydrogens is 252 g/mol. The second kappa shape index (κ2) is 4.90. The van der Waals surface area contributed by atoms with E-state index in [-0.39, 0.29) is 5.91 Å². The Balaban J connectivity index is 1.35. The largest absolute Gasteiger partial charge is 0.360 e. The second-order valence-electron chi connectivity index (χ2n) is 6.82. The summed E-state index contributed by atoms with van der Waals surface area (Å²) in [7, 11) is 0. The highest BCUT2D eigenvalue weighted by Gasteiger charge is 2.35. The molecule has 1 amide bonds. The number of carbonyl (C=O) groups is 1. The molecule has 0 aliphatic heterocycles. The first kappa shape index (κ1) is 12.4. The molecule has 4 rings (SSSR count). The highest BCUT2D eigenvalue weighted by molar-refractivity contribution is 5.92. The standard InChI is InChI=1S/C16H22N2O2/c19-16(14-9-15(20-18-14)11-6-7-11)17-13-3-1-2-12(8-13)10-4-5-10/h9-13H,1-8H2,(H,17,19)/t12-,13-/m0/s1. The Hall–Kier alpha value is -1.32. The van der Waals surface area contributed by atoms with E-state index in [9.17, 15) is 4.79 Å². The number of hydrogen-bond donors (Lipinski definition) is 1. The summed E-state index contributed by atoms with van der Waals surface area (Å²) in [5.41, 5.74) is 0.459. The van der Waals surface area contributed by atoms with Gasteiger partial charge in [0.05, 0.1) is 0 Å². The molecule has 3 aliphatic carbocycles. The van der Waals surface area contributed by atoms with Gasteiger partial charge in [0.1, 0.15) is 5.76 Å². The molecule has 0 saturated heterocycles. The summed E-state index contributed by atoms with van der Waals surface area (Å²) in [6, 6.07) is 2.16. The van der Waals surface area contributed by atoms with Crippen LogP contribution in [0.1, 0.15) is 73.5 Å². The van der Waals surface area contributed by atoms with E-state index in [0.29, 0.717) is 17.7 Å². The Morgan fingerprint density at radius 3 is 2.75 bits per heavy atom. The van der Waals surface area contributed by atoms with E-state index in [1.54, 1.807) is 0 Å². The van der Waals surface area contributed by atoms with E-state index in [4.69, 9.17) is 4.52 Å². The van der Waals surface area contributed by atoms with Crippen molar-refractivity contribution in [3.05, 3.63) is 17.5 Å². The molecule has 108 valence electrons. The first-order chi connectivity index (χ1) is 9.79. The molecule has 20 heavy (non-hydrogen) atoms. The topological polar surface area (TPSA) is 55.1 Å². The molecule has 1 aromatic rings. The molecule has 3 saturated carbocycles.